The average molecular weight is 301 g/mol. The Morgan fingerprint density at radius 2 is 2.09 bits per heavy atom. The molecular weight excluding hydrogens is 282 g/mol. The predicted octanol–water partition coefficient (Wildman–Crippen LogP) is 1.36. The fraction of sp³-hybridized carbons (Fsp3) is 0.312. The molecule has 1 atom stereocenters. The van der Waals surface area contributed by atoms with Gasteiger partial charge in [-0.05, 0) is 31.9 Å². The third kappa shape index (κ3) is 2.86. The number of carbonyl (C=O) groups is 3. The van der Waals surface area contributed by atoms with E-state index in [4.69, 9.17) is 5.73 Å². The number of rotatable bonds is 3. The van der Waals surface area contributed by atoms with Crippen LogP contribution in [0, 0.1) is 6.92 Å². The van der Waals surface area contributed by atoms with Crippen molar-refractivity contribution in [2.24, 2.45) is 0 Å². The van der Waals surface area contributed by atoms with Crippen LogP contribution in [0.5, 0.6) is 0 Å². The highest BCUT2D eigenvalue weighted by atomic mass is 16.2. The van der Waals surface area contributed by atoms with Gasteiger partial charge in [0, 0.05) is 17.8 Å². The van der Waals surface area contributed by atoms with Gasteiger partial charge in [-0.25, -0.2) is 0 Å². The first-order chi connectivity index (χ1) is 10.3. The van der Waals surface area contributed by atoms with Gasteiger partial charge in [-0.1, -0.05) is 18.7 Å². The molecule has 1 aliphatic rings. The van der Waals surface area contributed by atoms with E-state index in [9.17, 15) is 14.4 Å². The van der Waals surface area contributed by atoms with Crippen LogP contribution in [0.1, 0.15) is 35.7 Å². The van der Waals surface area contributed by atoms with Gasteiger partial charge in [0.1, 0.15) is 6.04 Å². The Morgan fingerprint density at radius 1 is 1.41 bits per heavy atom. The summed E-state index contributed by atoms with van der Waals surface area (Å²) in [6, 6.07) is 4.44. The molecule has 0 aliphatic carbocycles. The number of hydrogen-bond acceptors (Lipinski definition) is 4. The molecule has 2 rings (SSSR count). The summed E-state index contributed by atoms with van der Waals surface area (Å²) in [7, 11) is 0. The van der Waals surface area contributed by atoms with Crippen molar-refractivity contribution in [1.29, 1.82) is 0 Å². The van der Waals surface area contributed by atoms with E-state index < -0.39 is 11.9 Å². The topological polar surface area (TPSA) is 92.5 Å². The molecule has 116 valence electrons. The van der Waals surface area contributed by atoms with Crippen molar-refractivity contribution in [2.45, 2.75) is 32.7 Å². The number of benzene rings is 1. The Labute approximate surface area is 129 Å². The molecule has 0 spiro atoms. The first kappa shape index (κ1) is 15.8. The van der Waals surface area contributed by atoms with E-state index in [2.05, 4.69) is 11.9 Å². The summed E-state index contributed by atoms with van der Waals surface area (Å²) in [4.78, 5) is 37.5. The molecule has 6 nitrogen and oxygen atoms in total. The van der Waals surface area contributed by atoms with E-state index in [0.717, 1.165) is 5.56 Å². The zero-order chi connectivity index (χ0) is 16.4. The van der Waals surface area contributed by atoms with Crippen LogP contribution in [0.3, 0.4) is 0 Å². The highest BCUT2D eigenvalue weighted by Gasteiger charge is 2.36. The summed E-state index contributed by atoms with van der Waals surface area (Å²) in [6.45, 7) is 7.22. The van der Waals surface area contributed by atoms with Crippen molar-refractivity contribution < 1.29 is 14.4 Å². The average Bonchev–Trinajstić information content (AvgIpc) is 2.41. The fourth-order valence-corrected chi connectivity index (χ4v) is 2.61. The van der Waals surface area contributed by atoms with Gasteiger partial charge in [-0.2, -0.15) is 0 Å². The number of carbonyl (C=O) groups excluding carboxylic acids is 3. The number of allylic oxidation sites excluding steroid dienone is 1. The second-order valence-electron chi connectivity index (χ2n) is 5.42. The summed E-state index contributed by atoms with van der Waals surface area (Å²) in [6.07, 6.45) is 0.464. The quantitative estimate of drug-likeness (QED) is 0.651. The molecule has 22 heavy (non-hydrogen) atoms. The first-order valence-corrected chi connectivity index (χ1v) is 7.00. The zero-order valence-corrected chi connectivity index (χ0v) is 12.7. The van der Waals surface area contributed by atoms with Gasteiger partial charge in [0.25, 0.3) is 5.91 Å². The van der Waals surface area contributed by atoms with E-state index in [1.54, 1.807) is 32.0 Å². The molecule has 1 heterocycles. The Hall–Kier alpha value is -2.63. The maximum absolute atomic E-state index is 12.9. The van der Waals surface area contributed by atoms with Gasteiger partial charge >= 0.3 is 0 Å². The van der Waals surface area contributed by atoms with Crippen molar-refractivity contribution in [3.63, 3.8) is 0 Å². The molecule has 1 aliphatic heterocycles. The smallest absolute Gasteiger partial charge is 0.261 e. The van der Waals surface area contributed by atoms with E-state index in [-0.39, 0.29) is 24.7 Å². The van der Waals surface area contributed by atoms with E-state index in [1.165, 1.54) is 4.90 Å². The van der Waals surface area contributed by atoms with Gasteiger partial charge in [-0.3, -0.25) is 19.7 Å². The van der Waals surface area contributed by atoms with Crippen LogP contribution < -0.4 is 11.1 Å². The first-order valence-electron chi connectivity index (χ1n) is 7.00. The Balaban J connectivity index is 2.40. The zero-order valence-electron chi connectivity index (χ0n) is 12.7. The number of amides is 3. The van der Waals surface area contributed by atoms with Gasteiger partial charge < -0.3 is 10.6 Å². The van der Waals surface area contributed by atoms with E-state index >= 15 is 0 Å². The minimum absolute atomic E-state index is 0.191. The van der Waals surface area contributed by atoms with Crippen LogP contribution in [0.2, 0.25) is 0 Å². The summed E-state index contributed by atoms with van der Waals surface area (Å²) in [5.41, 5.74) is 7.78. The minimum Gasteiger partial charge on any atom is -0.398 e. The third-order valence-corrected chi connectivity index (χ3v) is 3.67. The Bertz CT molecular complexity index is 646. The summed E-state index contributed by atoms with van der Waals surface area (Å²) >= 11 is 0. The number of aryl methyl sites for hydroxylation is 1. The number of imide groups is 1. The van der Waals surface area contributed by atoms with Gasteiger partial charge in [-0.15, -0.1) is 0 Å². The third-order valence-electron chi connectivity index (χ3n) is 3.67. The van der Waals surface area contributed by atoms with Crippen LogP contribution in [-0.4, -0.2) is 28.7 Å². The molecule has 1 unspecified atom stereocenters. The molecule has 6 heteroatoms. The molecule has 3 N–H and O–H groups in total. The number of nitrogens with one attached hydrogen (secondary N) is 1. The molecule has 1 aromatic rings. The molecule has 0 aromatic heterocycles. The second-order valence-corrected chi connectivity index (χ2v) is 5.42. The molecule has 1 fully saturated rings. The van der Waals surface area contributed by atoms with Gasteiger partial charge in [0.2, 0.25) is 11.8 Å². The van der Waals surface area contributed by atoms with Crippen LogP contribution in [0.15, 0.2) is 30.5 Å². The number of piperidine rings is 1. The lowest BCUT2D eigenvalue weighted by atomic mass is 10.00. The van der Waals surface area contributed by atoms with Crippen LogP contribution >= 0.6 is 0 Å². The Kier molecular flexibility index (Phi) is 4.30. The molecular formula is C16H19N3O3. The van der Waals surface area contributed by atoms with Crippen LogP contribution in [-0.2, 0) is 9.59 Å². The lowest BCUT2D eigenvalue weighted by Crippen LogP contribution is -2.53. The van der Waals surface area contributed by atoms with E-state index in [0.29, 0.717) is 16.9 Å². The standard InChI is InChI=1S/C16H19N3O3/c1-9(2)19(12-7-8-13(20)18-15(12)21)16(22)14-10(3)5-4-6-11(14)17/h4-6,12H,1,7-8,17H2,2-3H3,(H,18,20,21). The van der Waals surface area contributed by atoms with E-state index in [1.807, 2.05) is 0 Å². The molecule has 1 saturated heterocycles. The molecule has 0 radical (unpaired) electrons. The number of hydrogen-bond donors (Lipinski definition) is 2. The number of nitrogens with zero attached hydrogens (tertiary/aromatic N) is 1. The number of nitrogens with two attached hydrogens (primary N) is 1. The maximum atomic E-state index is 12.9. The normalized spacial score (nSPS) is 17.8. The van der Waals surface area contributed by atoms with Crippen molar-refractivity contribution >= 4 is 23.4 Å². The monoisotopic (exact) mass is 301 g/mol. The SMILES string of the molecule is C=C(C)N(C(=O)c1c(C)cccc1N)C1CCC(=O)NC1=O. The number of anilines is 1. The van der Waals surface area contributed by atoms with Gasteiger partial charge in [0.15, 0.2) is 0 Å². The van der Waals surface area contributed by atoms with Crippen molar-refractivity contribution in [1.82, 2.24) is 10.2 Å². The van der Waals surface area contributed by atoms with Crippen molar-refractivity contribution in [2.75, 3.05) is 5.73 Å². The summed E-state index contributed by atoms with van der Waals surface area (Å²) < 4.78 is 0. The highest BCUT2D eigenvalue weighted by molar-refractivity contribution is 6.06. The minimum atomic E-state index is -0.748. The van der Waals surface area contributed by atoms with Crippen LogP contribution in [0.25, 0.3) is 0 Å². The van der Waals surface area contributed by atoms with Crippen molar-refractivity contribution in [3.05, 3.63) is 41.6 Å². The molecule has 3 amide bonds. The maximum Gasteiger partial charge on any atom is 0.261 e. The lowest BCUT2D eigenvalue weighted by Gasteiger charge is -2.33. The molecule has 0 bridgehead atoms. The predicted molar refractivity (Wildman–Crippen MR) is 82.7 cm³/mol. The highest BCUT2D eigenvalue weighted by Crippen LogP contribution is 2.24. The summed E-state index contributed by atoms with van der Waals surface area (Å²) in [5, 5.41) is 2.26. The fourth-order valence-electron chi connectivity index (χ4n) is 2.61. The number of nitrogen functional groups attached to an aromatic ring is 1. The second kappa shape index (κ2) is 6.01. The molecule has 0 saturated carbocycles. The van der Waals surface area contributed by atoms with Gasteiger partial charge in [0.05, 0.1) is 5.56 Å². The molecule has 1 aromatic carbocycles. The van der Waals surface area contributed by atoms with Crippen molar-refractivity contribution in [3.8, 4) is 0 Å². The summed E-state index contributed by atoms with van der Waals surface area (Å²) in [5.74, 6) is -1.19. The lowest BCUT2D eigenvalue weighted by molar-refractivity contribution is -0.136. The Morgan fingerprint density at radius 3 is 2.64 bits per heavy atom. The largest absolute Gasteiger partial charge is 0.398 e. The van der Waals surface area contributed by atoms with Crippen LogP contribution in [0.4, 0.5) is 5.69 Å².